The molecule has 11 atom stereocenters. The molecule has 5 bridgehead atoms. The molecule has 5 fully saturated rings. The molecule has 5 nitrogen and oxygen atoms in total. The maximum atomic E-state index is 12.1. The zero-order chi connectivity index (χ0) is 18.4. The number of hydrogen-bond acceptors (Lipinski definition) is 5. The van der Waals surface area contributed by atoms with E-state index in [1.165, 1.54) is 0 Å². The Morgan fingerprint density at radius 3 is 2.36 bits per heavy atom. The van der Waals surface area contributed by atoms with Crippen LogP contribution in [0.25, 0.3) is 0 Å². The van der Waals surface area contributed by atoms with Crippen molar-refractivity contribution in [3.8, 4) is 0 Å². The van der Waals surface area contributed by atoms with Crippen LogP contribution < -0.4 is 0 Å². The number of fused-ring (bicyclic) bond motifs is 3. The van der Waals surface area contributed by atoms with Crippen LogP contribution in [-0.2, 0) is 4.74 Å². The summed E-state index contributed by atoms with van der Waals surface area (Å²) in [5, 5.41) is 46.1. The Kier molecular flexibility index (Phi) is 2.79. The van der Waals surface area contributed by atoms with E-state index in [2.05, 4.69) is 13.8 Å². The number of ether oxygens (including phenoxy) is 1. The zero-order valence-electron chi connectivity index (χ0n) is 15.9. The van der Waals surface area contributed by atoms with Gasteiger partial charge in [0.15, 0.2) is 5.79 Å². The van der Waals surface area contributed by atoms with Gasteiger partial charge in [-0.3, -0.25) is 0 Å². The first-order valence-electron chi connectivity index (χ1n) is 9.91. The Bertz CT molecular complexity index is 652. The summed E-state index contributed by atoms with van der Waals surface area (Å²) in [5.74, 6) is -1.61. The second-order valence-corrected chi connectivity index (χ2v) is 10.7. The minimum absolute atomic E-state index is 0.121. The van der Waals surface area contributed by atoms with Gasteiger partial charge in [-0.25, -0.2) is 0 Å². The quantitative estimate of drug-likeness (QED) is 0.571. The minimum Gasteiger partial charge on any atom is -0.393 e. The Hall–Kier alpha value is -0.200. The van der Waals surface area contributed by atoms with E-state index < -0.39 is 40.0 Å². The molecule has 1 heterocycles. The summed E-state index contributed by atoms with van der Waals surface area (Å²) < 4.78 is 6.28. The first-order valence-corrected chi connectivity index (χ1v) is 9.91. The standard InChI is InChI=1S/C20H32O5/c1-9(2)11-6-13-16(4)8-19(23)17(11,5)20(13,24)15(25-19)14-10(3)12(21)7-18(14,16)22/h9-15,21-24H,6-8H2,1-5H3/t10-,11+,12+,13+,14+,15-,16-,17-,18-,19?,20-/m1/s1. The van der Waals surface area contributed by atoms with Crippen LogP contribution in [0.5, 0.6) is 0 Å². The second kappa shape index (κ2) is 4.12. The largest absolute Gasteiger partial charge is 0.393 e. The van der Waals surface area contributed by atoms with Crippen molar-refractivity contribution < 1.29 is 25.2 Å². The van der Waals surface area contributed by atoms with Crippen LogP contribution in [0.3, 0.4) is 0 Å². The third-order valence-electron chi connectivity index (χ3n) is 9.90. The topological polar surface area (TPSA) is 90.2 Å². The molecule has 0 aromatic rings. The fourth-order valence-corrected chi connectivity index (χ4v) is 8.63. The normalized spacial score (nSPS) is 70.3. The Labute approximate surface area is 149 Å². The van der Waals surface area contributed by atoms with E-state index in [0.29, 0.717) is 18.8 Å². The molecule has 1 unspecified atom stereocenters. The highest BCUT2D eigenvalue weighted by Crippen LogP contribution is 2.83. The Morgan fingerprint density at radius 2 is 1.76 bits per heavy atom. The zero-order valence-corrected chi connectivity index (χ0v) is 15.9. The van der Waals surface area contributed by atoms with E-state index in [9.17, 15) is 20.4 Å². The number of aliphatic hydroxyl groups excluding tert-OH is 1. The fourth-order valence-electron chi connectivity index (χ4n) is 8.63. The molecule has 1 aliphatic heterocycles. The predicted molar refractivity (Wildman–Crippen MR) is 90.3 cm³/mol. The van der Waals surface area contributed by atoms with Gasteiger partial charge in [0.25, 0.3) is 0 Å². The average molecular weight is 352 g/mol. The van der Waals surface area contributed by atoms with Crippen molar-refractivity contribution >= 4 is 0 Å². The smallest absolute Gasteiger partial charge is 0.175 e. The van der Waals surface area contributed by atoms with Crippen LogP contribution in [-0.4, -0.2) is 49.6 Å². The van der Waals surface area contributed by atoms with Gasteiger partial charge < -0.3 is 25.2 Å². The van der Waals surface area contributed by atoms with E-state index in [1.54, 1.807) is 0 Å². The molecule has 0 spiro atoms. The van der Waals surface area contributed by atoms with Gasteiger partial charge in [0.2, 0.25) is 0 Å². The van der Waals surface area contributed by atoms with Gasteiger partial charge in [-0.05, 0) is 30.1 Å². The van der Waals surface area contributed by atoms with E-state index in [4.69, 9.17) is 4.74 Å². The molecule has 1 saturated heterocycles. The molecular formula is C20H32O5. The van der Waals surface area contributed by atoms with Crippen molar-refractivity contribution in [3.05, 3.63) is 0 Å². The van der Waals surface area contributed by atoms with E-state index in [1.807, 2.05) is 20.8 Å². The van der Waals surface area contributed by atoms with Crippen LogP contribution >= 0.6 is 0 Å². The molecular weight excluding hydrogens is 320 g/mol. The molecule has 142 valence electrons. The van der Waals surface area contributed by atoms with Crippen molar-refractivity contribution in [1.82, 2.24) is 0 Å². The van der Waals surface area contributed by atoms with Crippen LogP contribution in [0.1, 0.15) is 53.9 Å². The average Bonchev–Trinajstić information content (AvgIpc) is 2.86. The first kappa shape index (κ1) is 16.9. The molecule has 4 saturated carbocycles. The Balaban J connectivity index is 1.79. The molecule has 25 heavy (non-hydrogen) atoms. The number of aliphatic hydroxyl groups is 4. The van der Waals surface area contributed by atoms with Gasteiger partial charge in [-0.1, -0.05) is 34.6 Å². The van der Waals surface area contributed by atoms with Gasteiger partial charge in [-0.15, -0.1) is 0 Å². The summed E-state index contributed by atoms with van der Waals surface area (Å²) in [5.41, 5.74) is -3.66. The lowest BCUT2D eigenvalue weighted by Gasteiger charge is -2.64. The highest BCUT2D eigenvalue weighted by molar-refractivity contribution is 5.37. The molecule has 4 aliphatic carbocycles. The van der Waals surface area contributed by atoms with Crippen molar-refractivity contribution in [2.75, 3.05) is 0 Å². The van der Waals surface area contributed by atoms with Gasteiger partial charge in [-0.2, -0.15) is 0 Å². The van der Waals surface area contributed by atoms with Gasteiger partial charge in [0, 0.05) is 24.2 Å². The third-order valence-corrected chi connectivity index (χ3v) is 9.90. The number of hydrogen-bond donors (Lipinski definition) is 4. The summed E-state index contributed by atoms with van der Waals surface area (Å²) in [6.45, 7) is 10.2. The highest BCUT2D eigenvalue weighted by Gasteiger charge is 2.91. The fraction of sp³-hybridized carbons (Fsp3) is 1.00. The van der Waals surface area contributed by atoms with Crippen LogP contribution in [0, 0.1) is 40.4 Å². The van der Waals surface area contributed by atoms with Gasteiger partial charge in [0.1, 0.15) is 5.60 Å². The van der Waals surface area contributed by atoms with Crippen molar-refractivity contribution in [2.24, 2.45) is 40.4 Å². The molecule has 5 heteroatoms. The van der Waals surface area contributed by atoms with E-state index >= 15 is 0 Å². The summed E-state index contributed by atoms with van der Waals surface area (Å²) in [6, 6.07) is 0. The molecule has 5 aliphatic rings. The molecule has 0 amide bonds. The molecule has 4 N–H and O–H groups in total. The minimum atomic E-state index is -1.42. The lowest BCUT2D eigenvalue weighted by atomic mass is 9.41. The summed E-state index contributed by atoms with van der Waals surface area (Å²) >= 11 is 0. The molecule has 0 aromatic heterocycles. The monoisotopic (exact) mass is 352 g/mol. The SMILES string of the molecule is CC(C)[C@@H]1C[C@@H]2[C@@]3(O)[C@@H]4OC(O)(C[C@@]2(C)[C@@]2(O)C[C@H](O)[C@@H](C)[C@@H]42)[C@@]13C. The molecule has 5 rings (SSSR count). The van der Waals surface area contributed by atoms with E-state index in [0.717, 1.165) is 6.42 Å². The van der Waals surface area contributed by atoms with Crippen molar-refractivity contribution in [3.63, 3.8) is 0 Å². The third kappa shape index (κ3) is 1.31. The molecule has 0 aromatic carbocycles. The predicted octanol–water partition coefficient (Wildman–Crippen LogP) is 1.27. The van der Waals surface area contributed by atoms with Crippen LogP contribution in [0.15, 0.2) is 0 Å². The summed E-state index contributed by atoms with van der Waals surface area (Å²) in [7, 11) is 0. The van der Waals surface area contributed by atoms with Crippen molar-refractivity contribution in [1.29, 1.82) is 0 Å². The maximum Gasteiger partial charge on any atom is 0.175 e. The van der Waals surface area contributed by atoms with Crippen LogP contribution in [0.4, 0.5) is 0 Å². The lowest BCUT2D eigenvalue weighted by molar-refractivity contribution is -0.301. The van der Waals surface area contributed by atoms with Gasteiger partial charge >= 0.3 is 0 Å². The number of rotatable bonds is 1. The first-order chi connectivity index (χ1) is 11.4. The Morgan fingerprint density at radius 1 is 1.12 bits per heavy atom. The lowest BCUT2D eigenvalue weighted by Crippen LogP contribution is -2.75. The van der Waals surface area contributed by atoms with Crippen LogP contribution in [0.2, 0.25) is 0 Å². The van der Waals surface area contributed by atoms with E-state index in [-0.39, 0.29) is 23.7 Å². The van der Waals surface area contributed by atoms with Gasteiger partial charge in [0.05, 0.1) is 23.2 Å². The summed E-state index contributed by atoms with van der Waals surface area (Å²) in [4.78, 5) is 0. The maximum absolute atomic E-state index is 12.1. The summed E-state index contributed by atoms with van der Waals surface area (Å²) in [6.07, 6.45) is 0.211. The van der Waals surface area contributed by atoms with Crippen molar-refractivity contribution in [2.45, 2.75) is 83.1 Å². The molecule has 0 radical (unpaired) electrons. The highest BCUT2D eigenvalue weighted by atomic mass is 16.7. The second-order valence-electron chi connectivity index (χ2n) is 10.7.